The number of aliphatic hydroxyl groups excluding tert-OH is 1. The third-order valence-corrected chi connectivity index (χ3v) is 4.25. The average molecular weight is 263 g/mol. The molecule has 3 heteroatoms. The summed E-state index contributed by atoms with van der Waals surface area (Å²) in [7, 11) is 0. The highest BCUT2D eigenvalue weighted by atomic mass is 16.5. The average Bonchev–Trinajstić information content (AvgIpc) is 2.45. The van der Waals surface area contributed by atoms with Crippen LogP contribution < -0.4 is 5.32 Å². The second-order valence-electron chi connectivity index (χ2n) is 5.58. The van der Waals surface area contributed by atoms with Gasteiger partial charge in [-0.2, -0.15) is 0 Å². The van der Waals surface area contributed by atoms with Gasteiger partial charge < -0.3 is 15.2 Å². The van der Waals surface area contributed by atoms with Crippen molar-refractivity contribution in [2.45, 2.75) is 44.8 Å². The van der Waals surface area contributed by atoms with Crippen LogP contribution >= 0.6 is 0 Å². The molecule has 0 bridgehead atoms. The molecule has 2 atom stereocenters. The predicted molar refractivity (Wildman–Crippen MR) is 77.2 cm³/mol. The Hall–Kier alpha value is -0.900. The smallest absolute Gasteiger partial charge is 0.0952 e. The van der Waals surface area contributed by atoms with E-state index in [9.17, 15) is 0 Å². The zero-order chi connectivity index (χ0) is 13.7. The van der Waals surface area contributed by atoms with E-state index < -0.39 is 0 Å². The van der Waals surface area contributed by atoms with Gasteiger partial charge in [0.2, 0.25) is 0 Å². The molecule has 1 aliphatic rings. The Morgan fingerprint density at radius 3 is 2.95 bits per heavy atom. The lowest BCUT2D eigenvalue weighted by atomic mass is 9.93. The van der Waals surface area contributed by atoms with Crippen LogP contribution in [-0.2, 0) is 11.2 Å². The summed E-state index contributed by atoms with van der Waals surface area (Å²) in [5.74, 6) is 0. The molecule has 0 aromatic heterocycles. The fourth-order valence-corrected chi connectivity index (χ4v) is 2.62. The van der Waals surface area contributed by atoms with Crippen molar-refractivity contribution in [1.82, 2.24) is 5.32 Å². The molecule has 1 aromatic carbocycles. The van der Waals surface area contributed by atoms with E-state index >= 15 is 0 Å². The van der Waals surface area contributed by atoms with Crippen LogP contribution in [0.2, 0.25) is 0 Å². The van der Waals surface area contributed by atoms with Crippen molar-refractivity contribution < 1.29 is 9.84 Å². The molecule has 1 heterocycles. The standard InChI is InChI=1S/C16H25NO2/c1-3-16(2,9-10-18)17-12-15-14-7-5-4-6-13(14)8-11-19-15/h4-7,15,17-18H,3,8-12H2,1-2H3. The van der Waals surface area contributed by atoms with Gasteiger partial charge in [0.15, 0.2) is 0 Å². The lowest BCUT2D eigenvalue weighted by molar-refractivity contribution is 0.0353. The third kappa shape index (κ3) is 3.56. The first-order chi connectivity index (χ1) is 9.18. The summed E-state index contributed by atoms with van der Waals surface area (Å²) >= 11 is 0. The maximum atomic E-state index is 9.16. The van der Waals surface area contributed by atoms with Crippen LogP contribution in [0, 0.1) is 0 Å². The van der Waals surface area contributed by atoms with Crippen molar-refractivity contribution in [2.24, 2.45) is 0 Å². The third-order valence-electron chi connectivity index (χ3n) is 4.25. The molecule has 0 fully saturated rings. The van der Waals surface area contributed by atoms with Crippen LogP contribution in [0.25, 0.3) is 0 Å². The van der Waals surface area contributed by atoms with E-state index in [4.69, 9.17) is 9.84 Å². The number of rotatable bonds is 6. The first kappa shape index (κ1) is 14.5. The van der Waals surface area contributed by atoms with Gasteiger partial charge >= 0.3 is 0 Å². The van der Waals surface area contributed by atoms with E-state index in [1.807, 2.05) is 0 Å². The van der Waals surface area contributed by atoms with Crippen LogP contribution in [0.4, 0.5) is 0 Å². The van der Waals surface area contributed by atoms with Crippen LogP contribution in [0.1, 0.15) is 43.9 Å². The molecule has 0 radical (unpaired) electrons. The zero-order valence-electron chi connectivity index (χ0n) is 12.0. The number of aliphatic hydroxyl groups is 1. The Kier molecular flexibility index (Phi) is 4.97. The van der Waals surface area contributed by atoms with Crippen molar-refractivity contribution in [1.29, 1.82) is 0 Å². The number of hydrogen-bond acceptors (Lipinski definition) is 3. The van der Waals surface area contributed by atoms with Gasteiger partial charge in [-0.05, 0) is 37.3 Å². The maximum absolute atomic E-state index is 9.16. The lowest BCUT2D eigenvalue weighted by Gasteiger charge is -2.33. The summed E-state index contributed by atoms with van der Waals surface area (Å²) in [5, 5.41) is 12.7. The van der Waals surface area contributed by atoms with E-state index in [1.165, 1.54) is 11.1 Å². The first-order valence-electron chi connectivity index (χ1n) is 7.24. The highest BCUT2D eigenvalue weighted by molar-refractivity contribution is 5.31. The summed E-state index contributed by atoms with van der Waals surface area (Å²) in [6, 6.07) is 8.53. The summed E-state index contributed by atoms with van der Waals surface area (Å²) in [6.07, 6.45) is 2.92. The molecule has 1 aromatic rings. The topological polar surface area (TPSA) is 41.5 Å². The Bertz CT molecular complexity index is 407. The van der Waals surface area contributed by atoms with Crippen molar-refractivity contribution >= 4 is 0 Å². The number of hydrogen-bond donors (Lipinski definition) is 2. The predicted octanol–water partition coefficient (Wildman–Crippen LogP) is 2.44. The number of ether oxygens (including phenoxy) is 1. The molecule has 0 saturated heterocycles. The highest BCUT2D eigenvalue weighted by Crippen LogP contribution is 2.27. The van der Waals surface area contributed by atoms with E-state index in [0.717, 1.165) is 32.4 Å². The van der Waals surface area contributed by atoms with Gasteiger partial charge in [0.1, 0.15) is 0 Å². The SMILES string of the molecule is CCC(C)(CCO)NCC1OCCc2ccccc21. The molecule has 2 unspecified atom stereocenters. The molecule has 1 aliphatic heterocycles. The summed E-state index contributed by atoms with van der Waals surface area (Å²) < 4.78 is 5.90. The Labute approximate surface area is 116 Å². The molecule has 0 aliphatic carbocycles. The molecule has 2 rings (SSSR count). The maximum Gasteiger partial charge on any atom is 0.0952 e. The second-order valence-corrected chi connectivity index (χ2v) is 5.58. The van der Waals surface area contributed by atoms with Crippen molar-refractivity contribution in [2.75, 3.05) is 19.8 Å². The molecule has 0 saturated carbocycles. The van der Waals surface area contributed by atoms with Crippen molar-refractivity contribution in [3.05, 3.63) is 35.4 Å². The molecular formula is C16H25NO2. The van der Waals surface area contributed by atoms with Crippen molar-refractivity contribution in [3.63, 3.8) is 0 Å². The molecule has 2 N–H and O–H groups in total. The first-order valence-corrected chi connectivity index (χ1v) is 7.24. The van der Waals surface area contributed by atoms with E-state index in [2.05, 4.69) is 43.4 Å². The minimum absolute atomic E-state index is 0.00942. The minimum atomic E-state index is -0.00942. The Morgan fingerprint density at radius 1 is 1.42 bits per heavy atom. The van der Waals surface area contributed by atoms with Gasteiger partial charge in [0, 0.05) is 18.7 Å². The van der Waals surface area contributed by atoms with Crippen molar-refractivity contribution in [3.8, 4) is 0 Å². The van der Waals surface area contributed by atoms with E-state index in [1.54, 1.807) is 0 Å². The number of benzene rings is 1. The fourth-order valence-electron chi connectivity index (χ4n) is 2.62. The van der Waals surface area contributed by atoms with E-state index in [-0.39, 0.29) is 18.2 Å². The molecule has 19 heavy (non-hydrogen) atoms. The van der Waals surface area contributed by atoms with Gasteiger partial charge in [0.05, 0.1) is 12.7 Å². The van der Waals surface area contributed by atoms with E-state index in [0.29, 0.717) is 0 Å². The molecule has 3 nitrogen and oxygen atoms in total. The van der Waals surface area contributed by atoms with Gasteiger partial charge in [-0.3, -0.25) is 0 Å². The fraction of sp³-hybridized carbons (Fsp3) is 0.625. The van der Waals surface area contributed by atoms with Gasteiger partial charge in [0.25, 0.3) is 0 Å². The second kappa shape index (κ2) is 6.51. The van der Waals surface area contributed by atoms with Crippen LogP contribution in [0.3, 0.4) is 0 Å². The Balaban J connectivity index is 2.01. The van der Waals surface area contributed by atoms with Gasteiger partial charge in [-0.15, -0.1) is 0 Å². The van der Waals surface area contributed by atoms with Crippen LogP contribution in [-0.4, -0.2) is 30.4 Å². The molecule has 106 valence electrons. The van der Waals surface area contributed by atoms with Gasteiger partial charge in [-0.25, -0.2) is 0 Å². The monoisotopic (exact) mass is 263 g/mol. The quantitative estimate of drug-likeness (QED) is 0.828. The summed E-state index contributed by atoms with van der Waals surface area (Å²) in [4.78, 5) is 0. The highest BCUT2D eigenvalue weighted by Gasteiger charge is 2.25. The minimum Gasteiger partial charge on any atom is -0.396 e. The Morgan fingerprint density at radius 2 is 2.21 bits per heavy atom. The summed E-state index contributed by atoms with van der Waals surface area (Å²) in [5.41, 5.74) is 2.70. The number of fused-ring (bicyclic) bond motifs is 1. The lowest BCUT2D eigenvalue weighted by Crippen LogP contribution is -2.45. The van der Waals surface area contributed by atoms with Crippen LogP contribution in [0.15, 0.2) is 24.3 Å². The van der Waals surface area contributed by atoms with Gasteiger partial charge in [-0.1, -0.05) is 31.2 Å². The molecule has 0 spiro atoms. The molecular weight excluding hydrogens is 238 g/mol. The van der Waals surface area contributed by atoms with Crippen LogP contribution in [0.5, 0.6) is 0 Å². The summed E-state index contributed by atoms with van der Waals surface area (Å²) in [6.45, 7) is 6.14. The zero-order valence-corrected chi connectivity index (χ0v) is 12.0. The largest absolute Gasteiger partial charge is 0.396 e. The number of nitrogens with one attached hydrogen (secondary N) is 1. The molecule has 0 amide bonds. The normalized spacial score (nSPS) is 21.7.